The molecule has 0 aliphatic rings. The fourth-order valence-electron chi connectivity index (χ4n) is 4.14. The van der Waals surface area contributed by atoms with Gasteiger partial charge in [0.15, 0.2) is 0 Å². The molecule has 0 aliphatic carbocycles. The van der Waals surface area contributed by atoms with E-state index in [-0.39, 0.29) is 5.82 Å². The smallest absolute Gasteiger partial charge is 0.127 e. The third-order valence-electron chi connectivity index (χ3n) is 5.99. The predicted octanol–water partition coefficient (Wildman–Crippen LogP) is 8.46. The fourth-order valence-corrected chi connectivity index (χ4v) is 4.14. The van der Waals surface area contributed by atoms with Gasteiger partial charge in [0.05, 0.1) is 0 Å². The molecule has 0 aliphatic heterocycles. The molecule has 4 rings (SSSR count). The van der Waals surface area contributed by atoms with Gasteiger partial charge in [-0.15, -0.1) is 0 Å². The Labute approximate surface area is 185 Å². The second kappa shape index (κ2) is 9.75. The van der Waals surface area contributed by atoms with Crippen LogP contribution in [0.4, 0.5) is 4.39 Å². The van der Waals surface area contributed by atoms with Crippen LogP contribution in [-0.4, -0.2) is 0 Å². The summed E-state index contributed by atoms with van der Waals surface area (Å²) >= 11 is 0. The number of halogens is 1. The van der Waals surface area contributed by atoms with Gasteiger partial charge in [-0.3, -0.25) is 0 Å². The molecule has 4 aromatic carbocycles. The minimum Gasteiger partial charge on any atom is -0.207 e. The van der Waals surface area contributed by atoms with Crippen LogP contribution < -0.4 is 0 Å². The lowest BCUT2D eigenvalue weighted by molar-refractivity contribution is 0.608. The van der Waals surface area contributed by atoms with Gasteiger partial charge in [-0.2, -0.15) is 0 Å². The molecule has 0 spiro atoms. The van der Waals surface area contributed by atoms with Gasteiger partial charge >= 0.3 is 0 Å². The van der Waals surface area contributed by atoms with Gasteiger partial charge in [-0.1, -0.05) is 111 Å². The Morgan fingerprint density at radius 3 is 1.81 bits per heavy atom. The van der Waals surface area contributed by atoms with Gasteiger partial charge in [-0.05, 0) is 63.8 Å². The Kier molecular flexibility index (Phi) is 6.62. The lowest BCUT2D eigenvalue weighted by Gasteiger charge is -2.12. The Morgan fingerprint density at radius 2 is 1.23 bits per heavy atom. The molecule has 1 atom stereocenters. The maximum absolute atomic E-state index is 14.3. The average molecular weight is 409 g/mol. The van der Waals surface area contributed by atoms with Crippen LogP contribution in [-0.2, 0) is 12.8 Å². The molecule has 31 heavy (non-hydrogen) atoms. The van der Waals surface area contributed by atoms with Crippen LogP contribution in [0.25, 0.3) is 22.3 Å². The van der Waals surface area contributed by atoms with Gasteiger partial charge in [0.25, 0.3) is 0 Å². The normalized spacial score (nSPS) is 12.0. The fraction of sp³-hybridized carbons (Fsp3) is 0.200. The first-order valence-corrected chi connectivity index (χ1v) is 11.2. The predicted molar refractivity (Wildman–Crippen MR) is 130 cm³/mol. The van der Waals surface area contributed by atoms with Crippen molar-refractivity contribution in [1.29, 1.82) is 0 Å². The molecule has 0 aromatic heterocycles. The van der Waals surface area contributed by atoms with Crippen molar-refractivity contribution in [2.75, 3.05) is 0 Å². The largest absolute Gasteiger partial charge is 0.207 e. The van der Waals surface area contributed by atoms with Crippen molar-refractivity contribution >= 4 is 0 Å². The van der Waals surface area contributed by atoms with E-state index in [0.717, 1.165) is 36.0 Å². The first kappa shape index (κ1) is 21.1. The first-order valence-electron chi connectivity index (χ1n) is 11.2. The number of hydrogen-bond acceptors (Lipinski definition) is 0. The maximum Gasteiger partial charge on any atom is 0.127 e. The quantitative estimate of drug-likeness (QED) is 0.288. The Bertz CT molecular complexity index is 1110. The SMILES string of the molecule is CCCc1ccc(-c2ccc(-c3ccc(C[C@@H](C)c4ccccc4)cc3)cc2)cc1F. The van der Waals surface area contributed by atoms with Crippen LogP contribution in [0.5, 0.6) is 0 Å². The first-order chi connectivity index (χ1) is 15.1. The van der Waals surface area contributed by atoms with Crippen molar-refractivity contribution in [2.24, 2.45) is 0 Å². The van der Waals surface area contributed by atoms with E-state index >= 15 is 0 Å². The standard InChI is InChI=1S/C30H29F/c1-3-7-28-18-19-29(21-30(28)31)27-16-14-26(15-17-27)25-12-10-23(11-13-25)20-22(2)24-8-5-4-6-9-24/h4-6,8-19,21-22H,3,7,20H2,1-2H3/t22-/m1/s1. The number of aryl methyl sites for hydroxylation is 1. The van der Waals surface area contributed by atoms with E-state index in [2.05, 4.69) is 92.7 Å². The lowest BCUT2D eigenvalue weighted by Crippen LogP contribution is -1.98. The molecule has 0 saturated carbocycles. The number of benzene rings is 4. The molecule has 0 heterocycles. The molecule has 156 valence electrons. The number of rotatable bonds is 7. The molecule has 0 unspecified atom stereocenters. The van der Waals surface area contributed by atoms with Crippen LogP contribution in [0.2, 0.25) is 0 Å². The molecule has 0 saturated heterocycles. The molecule has 0 radical (unpaired) electrons. The van der Waals surface area contributed by atoms with Gasteiger partial charge in [0, 0.05) is 0 Å². The molecule has 0 fully saturated rings. The van der Waals surface area contributed by atoms with Crippen molar-refractivity contribution < 1.29 is 4.39 Å². The summed E-state index contributed by atoms with van der Waals surface area (Å²) in [5, 5.41) is 0. The van der Waals surface area contributed by atoms with Gasteiger partial charge in [-0.25, -0.2) is 4.39 Å². The number of hydrogen-bond donors (Lipinski definition) is 0. The average Bonchev–Trinajstić information content (AvgIpc) is 2.82. The summed E-state index contributed by atoms with van der Waals surface area (Å²) in [6, 6.07) is 33.5. The molecular weight excluding hydrogens is 379 g/mol. The Balaban J connectivity index is 1.46. The van der Waals surface area contributed by atoms with Crippen LogP contribution in [0, 0.1) is 5.82 Å². The summed E-state index contributed by atoms with van der Waals surface area (Å²) in [6.07, 6.45) is 2.77. The molecule has 4 aromatic rings. The van der Waals surface area contributed by atoms with Crippen molar-refractivity contribution in [2.45, 2.75) is 39.0 Å². The highest BCUT2D eigenvalue weighted by atomic mass is 19.1. The zero-order valence-electron chi connectivity index (χ0n) is 18.3. The van der Waals surface area contributed by atoms with Gasteiger partial charge in [0.2, 0.25) is 0 Å². The van der Waals surface area contributed by atoms with E-state index in [0.29, 0.717) is 5.92 Å². The van der Waals surface area contributed by atoms with E-state index < -0.39 is 0 Å². The van der Waals surface area contributed by atoms with Gasteiger partial charge in [0.1, 0.15) is 5.82 Å². The maximum atomic E-state index is 14.3. The molecular formula is C30H29F. The zero-order valence-corrected chi connectivity index (χ0v) is 18.3. The van der Waals surface area contributed by atoms with Crippen LogP contribution in [0.1, 0.15) is 42.9 Å². The summed E-state index contributed by atoms with van der Waals surface area (Å²) in [6.45, 7) is 4.35. The van der Waals surface area contributed by atoms with Crippen molar-refractivity contribution in [3.8, 4) is 22.3 Å². The van der Waals surface area contributed by atoms with E-state index in [1.54, 1.807) is 6.07 Å². The van der Waals surface area contributed by atoms with E-state index in [1.807, 2.05) is 12.1 Å². The Morgan fingerprint density at radius 1 is 0.677 bits per heavy atom. The van der Waals surface area contributed by atoms with Crippen LogP contribution >= 0.6 is 0 Å². The highest BCUT2D eigenvalue weighted by molar-refractivity contribution is 5.70. The Hall–Kier alpha value is -3.19. The van der Waals surface area contributed by atoms with E-state index in [4.69, 9.17) is 0 Å². The minimum atomic E-state index is -0.108. The molecule has 0 N–H and O–H groups in total. The summed E-state index contributed by atoms with van der Waals surface area (Å²) in [7, 11) is 0. The van der Waals surface area contributed by atoms with Crippen LogP contribution in [0.15, 0.2) is 97.1 Å². The highest BCUT2D eigenvalue weighted by Gasteiger charge is 2.08. The summed E-state index contributed by atoms with van der Waals surface area (Å²) in [5.41, 5.74) is 7.86. The van der Waals surface area contributed by atoms with E-state index in [1.165, 1.54) is 22.3 Å². The second-order valence-corrected chi connectivity index (χ2v) is 8.35. The third-order valence-corrected chi connectivity index (χ3v) is 5.99. The zero-order chi connectivity index (χ0) is 21.6. The summed E-state index contributed by atoms with van der Waals surface area (Å²) < 4.78 is 14.3. The highest BCUT2D eigenvalue weighted by Crippen LogP contribution is 2.28. The monoisotopic (exact) mass is 408 g/mol. The second-order valence-electron chi connectivity index (χ2n) is 8.35. The lowest BCUT2D eigenvalue weighted by atomic mass is 9.92. The summed E-state index contributed by atoms with van der Waals surface area (Å²) in [5.74, 6) is 0.388. The van der Waals surface area contributed by atoms with Crippen molar-refractivity contribution in [1.82, 2.24) is 0 Å². The molecule has 1 heteroatoms. The van der Waals surface area contributed by atoms with Crippen molar-refractivity contribution in [3.63, 3.8) is 0 Å². The van der Waals surface area contributed by atoms with Crippen LogP contribution in [0.3, 0.4) is 0 Å². The van der Waals surface area contributed by atoms with Gasteiger partial charge < -0.3 is 0 Å². The molecule has 0 bridgehead atoms. The molecule has 0 nitrogen and oxygen atoms in total. The molecule has 0 amide bonds. The minimum absolute atomic E-state index is 0.108. The van der Waals surface area contributed by atoms with E-state index in [9.17, 15) is 4.39 Å². The topological polar surface area (TPSA) is 0 Å². The van der Waals surface area contributed by atoms with Crippen molar-refractivity contribution in [3.05, 3.63) is 120 Å². The summed E-state index contributed by atoms with van der Waals surface area (Å²) in [4.78, 5) is 0. The third kappa shape index (κ3) is 5.11.